The summed E-state index contributed by atoms with van der Waals surface area (Å²) in [5.74, 6) is 0.546. The van der Waals surface area contributed by atoms with Gasteiger partial charge in [0.1, 0.15) is 16.8 Å². The number of nitrogens with zero attached hydrogens (tertiary/aromatic N) is 3. The van der Waals surface area contributed by atoms with Crippen LogP contribution in [0.4, 0.5) is 5.69 Å². The number of aromatic nitrogens is 2. The number of anilines is 1. The minimum atomic E-state index is 0.166. The molecule has 0 radical (unpaired) electrons. The Morgan fingerprint density at radius 3 is 2.64 bits per heavy atom. The summed E-state index contributed by atoms with van der Waals surface area (Å²) in [6.45, 7) is 9.99. The highest BCUT2D eigenvalue weighted by atomic mass is 32.1. The third-order valence-corrected chi connectivity index (χ3v) is 6.01. The van der Waals surface area contributed by atoms with Crippen LogP contribution in [0.3, 0.4) is 0 Å². The maximum absolute atomic E-state index is 12.8. The van der Waals surface area contributed by atoms with Gasteiger partial charge in [-0.1, -0.05) is 37.6 Å². The lowest BCUT2D eigenvalue weighted by atomic mass is 9.88. The molecule has 0 amide bonds. The largest absolute Gasteiger partial charge is 0.370 e. The van der Waals surface area contributed by atoms with E-state index in [-0.39, 0.29) is 5.92 Å². The zero-order valence-electron chi connectivity index (χ0n) is 17.2. The maximum Gasteiger partial charge on any atom is 0.140 e. The lowest BCUT2D eigenvalue weighted by Gasteiger charge is -2.33. The van der Waals surface area contributed by atoms with Gasteiger partial charge in [-0.2, -0.15) is 4.37 Å². The number of hydrogen-bond donors (Lipinski definition) is 0. The van der Waals surface area contributed by atoms with E-state index in [1.807, 2.05) is 31.5 Å². The van der Waals surface area contributed by atoms with Crippen molar-refractivity contribution < 1.29 is 4.79 Å². The molecule has 1 aliphatic heterocycles. The lowest BCUT2D eigenvalue weighted by molar-refractivity contribution is -0.122. The number of pyridine rings is 1. The molecule has 0 spiro atoms. The molecule has 3 aromatic rings. The third-order valence-electron chi connectivity index (χ3n) is 5.39. The monoisotopic (exact) mass is 395 g/mol. The van der Waals surface area contributed by atoms with Crippen molar-refractivity contribution in [1.82, 2.24) is 9.36 Å². The van der Waals surface area contributed by atoms with E-state index in [0.717, 1.165) is 42.7 Å². The van der Waals surface area contributed by atoms with Crippen LogP contribution in [0.25, 0.3) is 11.0 Å². The first-order chi connectivity index (χ1) is 13.6. The minimum absolute atomic E-state index is 0.166. The first-order valence-electron chi connectivity index (χ1n) is 10.1. The predicted molar refractivity (Wildman–Crippen MR) is 118 cm³/mol. The van der Waals surface area contributed by atoms with Crippen molar-refractivity contribution in [3.63, 3.8) is 0 Å². The molecule has 148 valence electrons. The van der Waals surface area contributed by atoms with Crippen molar-refractivity contribution in [3.8, 4) is 0 Å². The molecule has 0 N–H and O–H groups in total. The van der Waals surface area contributed by atoms with Crippen molar-refractivity contribution in [1.29, 1.82) is 0 Å². The first kappa shape index (κ1) is 20.5. The topological polar surface area (TPSA) is 46.1 Å². The molecule has 3 heterocycles. The number of carbonyl (C=O) groups is 1. The highest BCUT2D eigenvalue weighted by Gasteiger charge is 2.26. The van der Waals surface area contributed by atoms with E-state index < -0.39 is 0 Å². The average molecular weight is 396 g/mol. The Labute approximate surface area is 171 Å². The number of benzene rings is 1. The van der Waals surface area contributed by atoms with Gasteiger partial charge < -0.3 is 4.90 Å². The van der Waals surface area contributed by atoms with Crippen molar-refractivity contribution in [2.45, 2.75) is 47.0 Å². The summed E-state index contributed by atoms with van der Waals surface area (Å²) in [5.41, 5.74) is 6.73. The summed E-state index contributed by atoms with van der Waals surface area (Å²) in [6, 6.07) is 8.40. The summed E-state index contributed by atoms with van der Waals surface area (Å²) in [6.07, 6.45) is 4.24. The second-order valence-electron chi connectivity index (χ2n) is 7.21. The summed E-state index contributed by atoms with van der Waals surface area (Å²) < 4.78 is 4.49. The van der Waals surface area contributed by atoms with Crippen LogP contribution in [0.1, 0.15) is 43.4 Å². The van der Waals surface area contributed by atoms with Crippen molar-refractivity contribution in [2.75, 3.05) is 18.0 Å². The Balaban J connectivity index is 0.00000109. The van der Waals surface area contributed by atoms with Gasteiger partial charge in [-0.3, -0.25) is 9.78 Å². The maximum atomic E-state index is 12.8. The number of hydrogen-bond acceptors (Lipinski definition) is 5. The van der Waals surface area contributed by atoms with E-state index in [4.69, 9.17) is 0 Å². The number of Topliss-reactive ketones (excluding diaryl/α,β-unsaturated/α-hetero) is 1. The fraction of sp³-hybridized carbons (Fsp3) is 0.435. The molecule has 1 aromatic carbocycles. The number of fused-ring (bicyclic) bond motifs is 1. The number of aryl methyl sites for hydroxylation is 2. The molecule has 0 atom stereocenters. The van der Waals surface area contributed by atoms with E-state index in [9.17, 15) is 4.79 Å². The van der Waals surface area contributed by atoms with Gasteiger partial charge in [-0.05, 0) is 55.4 Å². The van der Waals surface area contributed by atoms with Gasteiger partial charge >= 0.3 is 0 Å². The van der Waals surface area contributed by atoms with Crippen molar-refractivity contribution in [3.05, 3.63) is 52.5 Å². The molecular weight excluding hydrogens is 366 g/mol. The standard InChI is InChI=1S/C21H23N3OS.C2H6/c1-14-3-4-17(15(2)11-14)12-20(25)16-6-9-24(10-7-16)19-5-8-22-18-13-26-23-21(18)19;1-2/h3-5,8,11,13,16H,6-7,9-10,12H2,1-2H3;1-2H3. The van der Waals surface area contributed by atoms with E-state index in [0.29, 0.717) is 12.2 Å². The molecular formula is C23H29N3OS. The van der Waals surface area contributed by atoms with Gasteiger partial charge in [0.05, 0.1) is 5.69 Å². The second-order valence-corrected chi connectivity index (χ2v) is 7.84. The number of piperidine rings is 1. The molecule has 0 aliphatic carbocycles. The molecule has 2 aromatic heterocycles. The molecule has 0 unspecified atom stereocenters. The van der Waals surface area contributed by atoms with E-state index >= 15 is 0 Å². The normalized spacial score (nSPS) is 14.6. The first-order valence-corrected chi connectivity index (χ1v) is 11.0. The Kier molecular flexibility index (Phi) is 6.79. The van der Waals surface area contributed by atoms with Gasteiger partial charge in [0.25, 0.3) is 0 Å². The SMILES string of the molecule is CC.Cc1ccc(CC(=O)C2CCN(c3ccnc4csnc34)CC2)c(C)c1. The van der Waals surface area contributed by atoms with Gasteiger partial charge in [0.2, 0.25) is 0 Å². The highest BCUT2D eigenvalue weighted by Crippen LogP contribution is 2.30. The fourth-order valence-electron chi connectivity index (χ4n) is 3.84. The molecule has 4 nitrogen and oxygen atoms in total. The van der Waals surface area contributed by atoms with Gasteiger partial charge in [-0.15, -0.1) is 0 Å². The summed E-state index contributed by atoms with van der Waals surface area (Å²) >= 11 is 1.45. The van der Waals surface area contributed by atoms with Crippen molar-refractivity contribution >= 4 is 34.0 Å². The van der Waals surface area contributed by atoms with E-state index in [1.165, 1.54) is 28.2 Å². The molecule has 0 saturated carbocycles. The zero-order valence-corrected chi connectivity index (χ0v) is 18.1. The molecule has 5 heteroatoms. The highest BCUT2D eigenvalue weighted by molar-refractivity contribution is 7.04. The van der Waals surface area contributed by atoms with Crippen LogP contribution in [0.15, 0.2) is 35.8 Å². The quantitative estimate of drug-likeness (QED) is 0.596. The van der Waals surface area contributed by atoms with Crippen LogP contribution in [-0.2, 0) is 11.2 Å². The molecule has 1 fully saturated rings. The molecule has 28 heavy (non-hydrogen) atoms. The number of rotatable bonds is 4. The number of ketones is 1. The van der Waals surface area contributed by atoms with Gasteiger partial charge in [0, 0.05) is 37.0 Å². The minimum Gasteiger partial charge on any atom is -0.370 e. The molecule has 1 aliphatic rings. The Bertz CT molecular complexity index is 942. The zero-order chi connectivity index (χ0) is 20.1. The third kappa shape index (κ3) is 4.41. The summed E-state index contributed by atoms with van der Waals surface area (Å²) in [4.78, 5) is 19.5. The van der Waals surface area contributed by atoms with Crippen LogP contribution in [0.5, 0.6) is 0 Å². The Hall–Kier alpha value is -2.27. The Morgan fingerprint density at radius 1 is 1.18 bits per heavy atom. The van der Waals surface area contributed by atoms with Crippen LogP contribution >= 0.6 is 11.5 Å². The predicted octanol–water partition coefficient (Wildman–Crippen LogP) is 5.36. The van der Waals surface area contributed by atoms with Crippen LogP contribution in [0, 0.1) is 19.8 Å². The molecule has 4 rings (SSSR count). The number of carbonyl (C=O) groups excluding carboxylic acids is 1. The lowest BCUT2D eigenvalue weighted by Crippen LogP contribution is -2.37. The second kappa shape index (κ2) is 9.28. The van der Waals surface area contributed by atoms with Crippen molar-refractivity contribution in [2.24, 2.45) is 5.92 Å². The van der Waals surface area contributed by atoms with Gasteiger partial charge in [-0.25, -0.2) is 0 Å². The summed E-state index contributed by atoms with van der Waals surface area (Å²) in [7, 11) is 0. The average Bonchev–Trinajstić information content (AvgIpc) is 3.20. The smallest absolute Gasteiger partial charge is 0.140 e. The van der Waals surface area contributed by atoms with Crippen LogP contribution in [-0.4, -0.2) is 28.2 Å². The molecule has 1 saturated heterocycles. The van der Waals surface area contributed by atoms with Crippen LogP contribution < -0.4 is 4.90 Å². The fourth-order valence-corrected chi connectivity index (χ4v) is 4.46. The van der Waals surface area contributed by atoms with E-state index in [1.54, 1.807) is 0 Å². The van der Waals surface area contributed by atoms with E-state index in [2.05, 4.69) is 46.3 Å². The van der Waals surface area contributed by atoms with Crippen LogP contribution in [0.2, 0.25) is 0 Å². The van der Waals surface area contributed by atoms with Gasteiger partial charge in [0.15, 0.2) is 0 Å². The summed E-state index contributed by atoms with van der Waals surface area (Å²) in [5, 5.41) is 1.99. The molecule has 0 bridgehead atoms. The Morgan fingerprint density at radius 2 is 1.93 bits per heavy atom.